The third-order valence-corrected chi connectivity index (χ3v) is 2.39. The minimum absolute atomic E-state index is 0.0663. The normalized spacial score (nSPS) is 11.9. The highest BCUT2D eigenvalue weighted by Gasteiger charge is 2.24. The van der Waals surface area contributed by atoms with Gasteiger partial charge in [-0.1, -0.05) is 32.0 Å². The largest absolute Gasteiger partial charge is 0.426 e. The van der Waals surface area contributed by atoms with Crippen LogP contribution in [0.3, 0.4) is 0 Å². The standard InChI is InChI=1S/C13H16O3/c1-3-11(12(14)4-2)13(15)16-10-8-6-5-7-9-10/h5-9,11H,3-4H2,1-2H3. The average molecular weight is 220 g/mol. The fourth-order valence-corrected chi connectivity index (χ4v) is 1.45. The van der Waals surface area contributed by atoms with Crippen LogP contribution >= 0.6 is 0 Å². The van der Waals surface area contributed by atoms with Crippen LogP contribution in [-0.4, -0.2) is 11.8 Å². The lowest BCUT2D eigenvalue weighted by Crippen LogP contribution is -2.27. The molecule has 0 N–H and O–H groups in total. The fourth-order valence-electron chi connectivity index (χ4n) is 1.45. The first kappa shape index (κ1) is 12.4. The Balaban J connectivity index is 2.67. The van der Waals surface area contributed by atoms with Crippen LogP contribution in [0.25, 0.3) is 0 Å². The van der Waals surface area contributed by atoms with E-state index in [1.165, 1.54) is 0 Å². The fraction of sp³-hybridized carbons (Fsp3) is 0.385. The molecule has 0 spiro atoms. The average Bonchev–Trinajstić information content (AvgIpc) is 2.31. The van der Waals surface area contributed by atoms with Gasteiger partial charge in [0.15, 0.2) is 0 Å². The third-order valence-electron chi connectivity index (χ3n) is 2.39. The molecule has 0 saturated heterocycles. The summed E-state index contributed by atoms with van der Waals surface area (Å²) in [7, 11) is 0. The number of ether oxygens (including phenoxy) is 1. The Morgan fingerprint density at radius 3 is 2.31 bits per heavy atom. The van der Waals surface area contributed by atoms with Crippen LogP contribution in [0.2, 0.25) is 0 Å². The van der Waals surface area contributed by atoms with E-state index in [9.17, 15) is 9.59 Å². The lowest BCUT2D eigenvalue weighted by Gasteiger charge is -2.11. The number of Topliss-reactive ketones (excluding diaryl/α,β-unsaturated/α-hetero) is 1. The molecule has 1 aromatic rings. The van der Waals surface area contributed by atoms with Crippen molar-refractivity contribution in [2.75, 3.05) is 0 Å². The van der Waals surface area contributed by atoms with E-state index in [1.807, 2.05) is 13.0 Å². The Morgan fingerprint density at radius 2 is 1.81 bits per heavy atom. The number of benzene rings is 1. The van der Waals surface area contributed by atoms with Gasteiger partial charge in [-0.2, -0.15) is 0 Å². The molecule has 1 unspecified atom stereocenters. The number of ketones is 1. The molecule has 1 aromatic carbocycles. The van der Waals surface area contributed by atoms with Gasteiger partial charge in [0.2, 0.25) is 0 Å². The topological polar surface area (TPSA) is 43.4 Å². The predicted molar refractivity (Wildman–Crippen MR) is 61.2 cm³/mol. The number of hydrogen-bond donors (Lipinski definition) is 0. The lowest BCUT2D eigenvalue weighted by molar-refractivity contribution is -0.144. The first-order valence-electron chi connectivity index (χ1n) is 5.48. The minimum Gasteiger partial charge on any atom is -0.426 e. The molecule has 0 saturated carbocycles. The highest BCUT2D eigenvalue weighted by Crippen LogP contribution is 2.14. The second-order valence-electron chi connectivity index (χ2n) is 3.51. The summed E-state index contributed by atoms with van der Waals surface area (Å²) in [5.41, 5.74) is 0. The minimum atomic E-state index is -0.634. The van der Waals surface area contributed by atoms with E-state index in [0.29, 0.717) is 18.6 Å². The Labute approximate surface area is 95.4 Å². The van der Waals surface area contributed by atoms with Gasteiger partial charge in [-0.15, -0.1) is 0 Å². The van der Waals surface area contributed by atoms with Gasteiger partial charge in [0.05, 0.1) is 0 Å². The summed E-state index contributed by atoms with van der Waals surface area (Å²) in [5.74, 6) is -0.677. The smallest absolute Gasteiger partial charge is 0.321 e. The highest BCUT2D eigenvalue weighted by atomic mass is 16.5. The highest BCUT2D eigenvalue weighted by molar-refractivity contribution is 5.99. The van der Waals surface area contributed by atoms with Crippen molar-refractivity contribution >= 4 is 11.8 Å². The molecule has 3 heteroatoms. The maximum atomic E-state index is 11.7. The molecular formula is C13H16O3. The Morgan fingerprint density at radius 1 is 1.19 bits per heavy atom. The first-order chi connectivity index (χ1) is 7.69. The van der Waals surface area contributed by atoms with E-state index in [4.69, 9.17) is 4.74 Å². The molecule has 0 bridgehead atoms. The predicted octanol–water partition coefficient (Wildman–Crippen LogP) is 2.60. The Kier molecular flexibility index (Phi) is 4.70. The molecule has 0 aliphatic rings. The molecular weight excluding hydrogens is 204 g/mol. The van der Waals surface area contributed by atoms with Crippen molar-refractivity contribution in [2.45, 2.75) is 26.7 Å². The van der Waals surface area contributed by atoms with Gasteiger partial charge in [-0.3, -0.25) is 9.59 Å². The van der Waals surface area contributed by atoms with Crippen molar-refractivity contribution in [2.24, 2.45) is 5.92 Å². The molecule has 0 aliphatic heterocycles. The summed E-state index contributed by atoms with van der Waals surface area (Å²) in [4.78, 5) is 23.2. The van der Waals surface area contributed by atoms with Crippen LogP contribution in [-0.2, 0) is 9.59 Å². The Bertz CT molecular complexity index is 357. The molecule has 0 aliphatic carbocycles. The van der Waals surface area contributed by atoms with Gasteiger partial charge >= 0.3 is 5.97 Å². The second-order valence-corrected chi connectivity index (χ2v) is 3.51. The van der Waals surface area contributed by atoms with Gasteiger partial charge in [-0.05, 0) is 18.6 Å². The number of esters is 1. The van der Waals surface area contributed by atoms with E-state index in [-0.39, 0.29) is 5.78 Å². The summed E-state index contributed by atoms with van der Waals surface area (Å²) < 4.78 is 5.13. The number of rotatable bonds is 5. The Hall–Kier alpha value is -1.64. The second kappa shape index (κ2) is 6.05. The molecule has 3 nitrogen and oxygen atoms in total. The monoisotopic (exact) mass is 220 g/mol. The maximum absolute atomic E-state index is 11.7. The zero-order chi connectivity index (χ0) is 12.0. The molecule has 0 fully saturated rings. The van der Waals surface area contributed by atoms with E-state index in [1.54, 1.807) is 31.2 Å². The number of para-hydroxylation sites is 1. The first-order valence-corrected chi connectivity index (χ1v) is 5.48. The van der Waals surface area contributed by atoms with E-state index in [0.717, 1.165) is 0 Å². The van der Waals surface area contributed by atoms with Crippen molar-refractivity contribution < 1.29 is 14.3 Å². The summed E-state index contributed by atoms with van der Waals surface area (Å²) in [6.45, 7) is 3.56. The zero-order valence-corrected chi connectivity index (χ0v) is 9.60. The third kappa shape index (κ3) is 3.19. The van der Waals surface area contributed by atoms with Gasteiger partial charge < -0.3 is 4.74 Å². The summed E-state index contributed by atoms with van der Waals surface area (Å²) in [5, 5.41) is 0. The van der Waals surface area contributed by atoms with Crippen LogP contribution < -0.4 is 4.74 Å². The van der Waals surface area contributed by atoms with Gasteiger partial charge in [0.25, 0.3) is 0 Å². The van der Waals surface area contributed by atoms with Crippen LogP contribution in [0.5, 0.6) is 5.75 Å². The number of hydrogen-bond acceptors (Lipinski definition) is 3. The van der Waals surface area contributed by atoms with Gasteiger partial charge in [0, 0.05) is 6.42 Å². The molecule has 0 aromatic heterocycles. The molecule has 0 heterocycles. The molecule has 0 radical (unpaired) electrons. The number of carbonyl (C=O) groups is 2. The van der Waals surface area contributed by atoms with Crippen LogP contribution in [0, 0.1) is 5.92 Å². The maximum Gasteiger partial charge on any atom is 0.321 e. The summed E-state index contributed by atoms with van der Waals surface area (Å²) in [6.07, 6.45) is 0.848. The summed E-state index contributed by atoms with van der Waals surface area (Å²) >= 11 is 0. The van der Waals surface area contributed by atoms with E-state index >= 15 is 0 Å². The van der Waals surface area contributed by atoms with Gasteiger partial charge in [-0.25, -0.2) is 0 Å². The van der Waals surface area contributed by atoms with E-state index < -0.39 is 11.9 Å². The lowest BCUT2D eigenvalue weighted by atomic mass is 10.00. The van der Waals surface area contributed by atoms with Crippen molar-refractivity contribution in [3.63, 3.8) is 0 Å². The van der Waals surface area contributed by atoms with Crippen LogP contribution in [0.15, 0.2) is 30.3 Å². The van der Waals surface area contributed by atoms with Crippen molar-refractivity contribution in [1.82, 2.24) is 0 Å². The number of carbonyl (C=O) groups excluding carboxylic acids is 2. The summed E-state index contributed by atoms with van der Waals surface area (Å²) in [6, 6.07) is 8.80. The molecule has 1 atom stereocenters. The molecule has 1 rings (SSSR count). The quantitative estimate of drug-likeness (QED) is 0.435. The van der Waals surface area contributed by atoms with E-state index in [2.05, 4.69) is 0 Å². The van der Waals surface area contributed by atoms with Crippen LogP contribution in [0.4, 0.5) is 0 Å². The van der Waals surface area contributed by atoms with Gasteiger partial charge in [0.1, 0.15) is 17.5 Å². The van der Waals surface area contributed by atoms with Crippen molar-refractivity contribution in [1.29, 1.82) is 0 Å². The molecule has 86 valence electrons. The molecule has 0 amide bonds. The SMILES string of the molecule is CCC(=O)C(CC)C(=O)Oc1ccccc1. The van der Waals surface area contributed by atoms with Crippen molar-refractivity contribution in [3.05, 3.63) is 30.3 Å². The van der Waals surface area contributed by atoms with Crippen LogP contribution in [0.1, 0.15) is 26.7 Å². The van der Waals surface area contributed by atoms with Crippen molar-refractivity contribution in [3.8, 4) is 5.75 Å². The zero-order valence-electron chi connectivity index (χ0n) is 9.60. The molecule has 16 heavy (non-hydrogen) atoms.